The van der Waals surface area contributed by atoms with Crippen LogP contribution in [0.1, 0.15) is 28.8 Å². The first-order valence-corrected chi connectivity index (χ1v) is 6.68. The minimum absolute atomic E-state index is 0.311. The van der Waals surface area contributed by atoms with Crippen LogP contribution in [0.25, 0.3) is 0 Å². The van der Waals surface area contributed by atoms with Gasteiger partial charge in [0.05, 0.1) is 12.7 Å². The smallest absolute Gasteiger partial charge is 0.337 e. The Bertz CT molecular complexity index is 549. The fraction of sp³-hybridized carbons (Fsp3) is 0.235. The lowest BCUT2D eigenvalue weighted by atomic mass is 10.0. The molecule has 0 aromatic heterocycles. The van der Waals surface area contributed by atoms with E-state index in [4.69, 9.17) is 0 Å². The molecule has 0 aliphatic rings. The van der Waals surface area contributed by atoms with Crippen molar-refractivity contribution in [3.8, 4) is 0 Å². The van der Waals surface area contributed by atoms with Crippen LogP contribution in [0.2, 0.25) is 0 Å². The van der Waals surface area contributed by atoms with Crippen molar-refractivity contribution in [1.82, 2.24) is 0 Å². The Hall–Kier alpha value is -2.29. The van der Waals surface area contributed by atoms with Gasteiger partial charge in [0.25, 0.3) is 0 Å². The third kappa shape index (κ3) is 3.60. The summed E-state index contributed by atoms with van der Waals surface area (Å²) in [7, 11) is 1.38. The molecule has 1 unspecified atom stereocenters. The first-order chi connectivity index (χ1) is 9.70. The summed E-state index contributed by atoms with van der Waals surface area (Å²) >= 11 is 0. The Balaban J connectivity index is 1.93. The number of methoxy groups -OCH3 is 1. The maximum atomic E-state index is 11.3. The molecule has 2 rings (SSSR count). The van der Waals surface area contributed by atoms with E-state index >= 15 is 0 Å². The molecular formula is C17H19NO2. The van der Waals surface area contributed by atoms with Crippen LogP contribution in [0.3, 0.4) is 0 Å². The average molecular weight is 269 g/mol. The number of nitrogens with one attached hydrogen (secondary N) is 1. The monoisotopic (exact) mass is 269 g/mol. The summed E-state index contributed by atoms with van der Waals surface area (Å²) in [5, 5.41) is 3.37. The molecule has 0 bridgehead atoms. The van der Waals surface area contributed by atoms with E-state index in [0.717, 1.165) is 12.2 Å². The lowest BCUT2D eigenvalue weighted by Gasteiger charge is -2.14. The minimum atomic E-state index is -0.311. The molecular weight excluding hydrogens is 250 g/mol. The molecule has 1 N–H and O–H groups in total. The van der Waals surface area contributed by atoms with Crippen molar-refractivity contribution in [2.45, 2.75) is 12.8 Å². The molecule has 0 spiro atoms. The predicted molar refractivity (Wildman–Crippen MR) is 81.1 cm³/mol. The number of benzene rings is 2. The fourth-order valence-corrected chi connectivity index (χ4v) is 2.01. The number of carbonyl (C=O) groups excluding carboxylic acids is 1. The molecule has 0 radical (unpaired) electrons. The van der Waals surface area contributed by atoms with Gasteiger partial charge in [0.2, 0.25) is 0 Å². The van der Waals surface area contributed by atoms with Gasteiger partial charge in [0, 0.05) is 12.2 Å². The molecule has 104 valence electrons. The fourth-order valence-electron chi connectivity index (χ4n) is 2.01. The highest BCUT2D eigenvalue weighted by Crippen LogP contribution is 2.16. The predicted octanol–water partition coefficient (Wildman–Crippen LogP) is 3.69. The third-order valence-corrected chi connectivity index (χ3v) is 3.29. The molecule has 3 heteroatoms. The number of esters is 1. The number of rotatable bonds is 5. The summed E-state index contributed by atoms with van der Waals surface area (Å²) in [5.74, 6) is 0.116. The van der Waals surface area contributed by atoms with Gasteiger partial charge in [0.1, 0.15) is 0 Å². The molecule has 2 aromatic rings. The van der Waals surface area contributed by atoms with E-state index < -0.39 is 0 Å². The highest BCUT2D eigenvalue weighted by molar-refractivity contribution is 5.89. The van der Waals surface area contributed by atoms with Crippen molar-refractivity contribution in [2.24, 2.45) is 0 Å². The quantitative estimate of drug-likeness (QED) is 0.841. The summed E-state index contributed by atoms with van der Waals surface area (Å²) in [6, 6.07) is 17.7. The Morgan fingerprint density at radius 2 is 1.75 bits per heavy atom. The zero-order valence-electron chi connectivity index (χ0n) is 11.8. The van der Waals surface area contributed by atoms with Gasteiger partial charge in [-0.05, 0) is 35.7 Å². The van der Waals surface area contributed by atoms with Gasteiger partial charge in [-0.25, -0.2) is 4.79 Å². The molecule has 2 aromatic carbocycles. The Morgan fingerprint density at radius 3 is 2.35 bits per heavy atom. The van der Waals surface area contributed by atoms with Gasteiger partial charge < -0.3 is 10.1 Å². The Morgan fingerprint density at radius 1 is 1.10 bits per heavy atom. The zero-order chi connectivity index (χ0) is 14.4. The van der Waals surface area contributed by atoms with Crippen molar-refractivity contribution in [1.29, 1.82) is 0 Å². The SMILES string of the molecule is COC(=O)c1ccc(NCC(C)c2ccccc2)cc1. The van der Waals surface area contributed by atoms with E-state index in [1.54, 1.807) is 12.1 Å². The van der Waals surface area contributed by atoms with Crippen molar-refractivity contribution in [2.75, 3.05) is 19.0 Å². The minimum Gasteiger partial charge on any atom is -0.465 e. The lowest BCUT2D eigenvalue weighted by Crippen LogP contribution is -2.10. The summed E-state index contributed by atoms with van der Waals surface area (Å²) in [5.41, 5.74) is 2.88. The molecule has 0 saturated carbocycles. The Kier molecular flexibility index (Phi) is 4.77. The van der Waals surface area contributed by atoms with Gasteiger partial charge in [-0.1, -0.05) is 37.3 Å². The highest BCUT2D eigenvalue weighted by atomic mass is 16.5. The molecule has 20 heavy (non-hydrogen) atoms. The summed E-state index contributed by atoms with van der Waals surface area (Å²) in [6.45, 7) is 3.03. The van der Waals surface area contributed by atoms with E-state index in [2.05, 4.69) is 41.2 Å². The van der Waals surface area contributed by atoms with Crippen molar-refractivity contribution in [3.05, 3.63) is 65.7 Å². The molecule has 0 aliphatic heterocycles. The summed E-state index contributed by atoms with van der Waals surface area (Å²) in [6.07, 6.45) is 0. The molecule has 0 heterocycles. The molecule has 0 amide bonds. The van der Waals surface area contributed by atoms with Crippen molar-refractivity contribution in [3.63, 3.8) is 0 Å². The topological polar surface area (TPSA) is 38.3 Å². The molecule has 0 fully saturated rings. The van der Waals surface area contributed by atoms with Crippen LogP contribution >= 0.6 is 0 Å². The lowest BCUT2D eigenvalue weighted by molar-refractivity contribution is 0.0601. The number of carbonyl (C=O) groups is 1. The first-order valence-electron chi connectivity index (χ1n) is 6.68. The second-order valence-corrected chi connectivity index (χ2v) is 4.76. The van der Waals surface area contributed by atoms with Crippen LogP contribution in [0.15, 0.2) is 54.6 Å². The number of ether oxygens (including phenoxy) is 1. The second kappa shape index (κ2) is 6.75. The van der Waals surface area contributed by atoms with Crippen molar-refractivity contribution >= 4 is 11.7 Å². The van der Waals surface area contributed by atoms with E-state index in [1.165, 1.54) is 12.7 Å². The number of hydrogen-bond donors (Lipinski definition) is 1. The summed E-state index contributed by atoms with van der Waals surface area (Å²) < 4.78 is 4.67. The molecule has 3 nitrogen and oxygen atoms in total. The van der Waals surface area contributed by atoms with Gasteiger partial charge in [-0.15, -0.1) is 0 Å². The van der Waals surface area contributed by atoms with Crippen LogP contribution < -0.4 is 5.32 Å². The van der Waals surface area contributed by atoms with E-state index in [1.807, 2.05) is 18.2 Å². The van der Waals surface area contributed by atoms with E-state index in [9.17, 15) is 4.79 Å². The van der Waals surface area contributed by atoms with E-state index in [0.29, 0.717) is 11.5 Å². The largest absolute Gasteiger partial charge is 0.465 e. The first kappa shape index (κ1) is 14.1. The maximum Gasteiger partial charge on any atom is 0.337 e. The zero-order valence-corrected chi connectivity index (χ0v) is 11.8. The molecule has 0 saturated heterocycles. The van der Waals surface area contributed by atoms with Gasteiger partial charge >= 0.3 is 5.97 Å². The van der Waals surface area contributed by atoms with Crippen LogP contribution in [-0.2, 0) is 4.74 Å². The van der Waals surface area contributed by atoms with Crippen LogP contribution in [0.4, 0.5) is 5.69 Å². The van der Waals surface area contributed by atoms with Crippen LogP contribution in [-0.4, -0.2) is 19.6 Å². The van der Waals surface area contributed by atoms with Crippen molar-refractivity contribution < 1.29 is 9.53 Å². The third-order valence-electron chi connectivity index (χ3n) is 3.29. The second-order valence-electron chi connectivity index (χ2n) is 4.76. The molecule has 1 atom stereocenters. The molecule has 0 aliphatic carbocycles. The average Bonchev–Trinajstić information content (AvgIpc) is 2.53. The summed E-state index contributed by atoms with van der Waals surface area (Å²) in [4.78, 5) is 11.3. The number of anilines is 1. The van der Waals surface area contributed by atoms with Gasteiger partial charge in [-0.2, -0.15) is 0 Å². The van der Waals surface area contributed by atoms with Crippen LogP contribution in [0, 0.1) is 0 Å². The van der Waals surface area contributed by atoms with Gasteiger partial charge in [0.15, 0.2) is 0 Å². The van der Waals surface area contributed by atoms with Gasteiger partial charge in [-0.3, -0.25) is 0 Å². The normalized spacial score (nSPS) is 11.7. The van der Waals surface area contributed by atoms with Crippen LogP contribution in [0.5, 0.6) is 0 Å². The number of hydrogen-bond acceptors (Lipinski definition) is 3. The highest BCUT2D eigenvalue weighted by Gasteiger charge is 2.06. The standard InChI is InChI=1S/C17H19NO2/c1-13(14-6-4-3-5-7-14)12-18-16-10-8-15(9-11-16)17(19)20-2/h3-11,13,18H,12H2,1-2H3. The Labute approximate surface area is 119 Å². The maximum absolute atomic E-state index is 11.3. The van der Waals surface area contributed by atoms with E-state index in [-0.39, 0.29) is 5.97 Å².